The summed E-state index contributed by atoms with van der Waals surface area (Å²) < 4.78 is 16.9. The molecule has 0 rings (SSSR count). The number of carbonyl (C=O) groups is 3. The quantitative estimate of drug-likeness (QED) is 0.0261. The van der Waals surface area contributed by atoms with Crippen molar-refractivity contribution in [3.05, 3.63) is 60.8 Å². The Morgan fingerprint density at radius 3 is 0.845 bits per heavy atom. The van der Waals surface area contributed by atoms with Gasteiger partial charge in [-0.2, -0.15) is 0 Å². The third-order valence-corrected chi connectivity index (χ3v) is 13.5. The lowest BCUT2D eigenvalue weighted by atomic mass is 10.0. The van der Waals surface area contributed by atoms with Crippen molar-refractivity contribution in [2.75, 3.05) is 13.2 Å². The highest BCUT2D eigenvalue weighted by Gasteiger charge is 2.19. The first-order chi connectivity index (χ1) is 35.0. The molecule has 6 heteroatoms. The summed E-state index contributed by atoms with van der Waals surface area (Å²) in [6.45, 7) is 6.53. The highest BCUT2D eigenvalue weighted by molar-refractivity contribution is 5.71. The van der Waals surface area contributed by atoms with Gasteiger partial charge >= 0.3 is 17.9 Å². The van der Waals surface area contributed by atoms with Gasteiger partial charge in [0.05, 0.1) is 0 Å². The van der Waals surface area contributed by atoms with E-state index in [1.165, 1.54) is 193 Å². The maximum absolute atomic E-state index is 12.9. The van der Waals surface area contributed by atoms with Crippen LogP contribution in [0.5, 0.6) is 0 Å². The maximum atomic E-state index is 12.9. The number of hydrogen-bond donors (Lipinski definition) is 0. The van der Waals surface area contributed by atoms with E-state index in [1.54, 1.807) is 0 Å². The molecule has 412 valence electrons. The fourth-order valence-electron chi connectivity index (χ4n) is 8.95. The minimum absolute atomic E-state index is 0.0924. The van der Waals surface area contributed by atoms with Gasteiger partial charge in [-0.15, -0.1) is 0 Å². The van der Waals surface area contributed by atoms with Crippen LogP contribution in [0.3, 0.4) is 0 Å². The van der Waals surface area contributed by atoms with Gasteiger partial charge in [0.15, 0.2) is 6.10 Å². The smallest absolute Gasteiger partial charge is 0.306 e. The summed E-state index contributed by atoms with van der Waals surface area (Å²) in [6, 6.07) is 0. The summed E-state index contributed by atoms with van der Waals surface area (Å²) in [5.41, 5.74) is 0. The maximum Gasteiger partial charge on any atom is 0.306 e. The summed E-state index contributed by atoms with van der Waals surface area (Å²) in [7, 11) is 0. The van der Waals surface area contributed by atoms with E-state index < -0.39 is 6.10 Å². The van der Waals surface area contributed by atoms with E-state index in [0.717, 1.165) is 77.0 Å². The fraction of sp³-hybridized carbons (Fsp3) is 0.800. The first-order valence-corrected chi connectivity index (χ1v) is 30.8. The lowest BCUT2D eigenvalue weighted by molar-refractivity contribution is -0.167. The van der Waals surface area contributed by atoms with E-state index >= 15 is 0 Å². The van der Waals surface area contributed by atoms with Crippen LogP contribution in [0.15, 0.2) is 60.8 Å². The molecule has 0 aromatic carbocycles. The zero-order valence-electron chi connectivity index (χ0n) is 47.2. The monoisotopic (exact) mass is 993 g/mol. The Bertz CT molecular complexity index is 1280. The molecule has 1 atom stereocenters. The lowest BCUT2D eigenvalue weighted by Gasteiger charge is -2.18. The summed E-state index contributed by atoms with van der Waals surface area (Å²) in [4.78, 5) is 38.2. The molecule has 0 radical (unpaired) electrons. The molecule has 6 nitrogen and oxygen atoms in total. The minimum atomic E-state index is -0.801. The molecule has 0 aliphatic rings. The van der Waals surface area contributed by atoms with E-state index in [1.807, 2.05) is 0 Å². The second kappa shape index (κ2) is 59.7. The van der Waals surface area contributed by atoms with Crippen molar-refractivity contribution in [3.63, 3.8) is 0 Å². The highest BCUT2D eigenvalue weighted by atomic mass is 16.6. The molecule has 0 fully saturated rings. The number of carbonyl (C=O) groups excluding carboxylic acids is 3. The SMILES string of the molecule is CC/C=C\C/C=C\C/C=C\C/C=C\C/C=C\CCCC(=O)OC(COC(=O)CCCCCCCCCCCCCCCCCC)COC(=O)CCCCCCCCCCCCCCCCCCCCCC. The normalized spacial score (nSPS) is 12.4. The summed E-state index contributed by atoms with van der Waals surface area (Å²) >= 11 is 0. The Labute approximate surface area is 440 Å². The molecule has 0 bridgehead atoms. The van der Waals surface area contributed by atoms with Crippen LogP contribution in [-0.2, 0) is 28.6 Å². The second-order valence-corrected chi connectivity index (χ2v) is 20.6. The van der Waals surface area contributed by atoms with Crippen molar-refractivity contribution in [1.29, 1.82) is 0 Å². The Morgan fingerprint density at radius 2 is 0.549 bits per heavy atom. The van der Waals surface area contributed by atoms with Crippen LogP contribution < -0.4 is 0 Å². The summed E-state index contributed by atoms with van der Waals surface area (Å²) in [6.07, 6.45) is 75.1. The Hall–Kier alpha value is -2.89. The van der Waals surface area contributed by atoms with Gasteiger partial charge in [0.25, 0.3) is 0 Å². The van der Waals surface area contributed by atoms with Gasteiger partial charge in [-0.3, -0.25) is 14.4 Å². The molecule has 0 saturated heterocycles. The Balaban J connectivity index is 4.39. The zero-order chi connectivity index (χ0) is 51.4. The summed E-state index contributed by atoms with van der Waals surface area (Å²) in [5.74, 6) is -0.932. The van der Waals surface area contributed by atoms with Crippen molar-refractivity contribution >= 4 is 17.9 Å². The largest absolute Gasteiger partial charge is 0.462 e. The van der Waals surface area contributed by atoms with Crippen LogP contribution in [0, 0.1) is 0 Å². The van der Waals surface area contributed by atoms with Gasteiger partial charge in [0.2, 0.25) is 0 Å². The van der Waals surface area contributed by atoms with Crippen LogP contribution in [0.25, 0.3) is 0 Å². The highest BCUT2D eigenvalue weighted by Crippen LogP contribution is 2.17. The number of hydrogen-bond acceptors (Lipinski definition) is 6. The number of esters is 3. The van der Waals surface area contributed by atoms with Crippen LogP contribution in [-0.4, -0.2) is 37.2 Å². The first kappa shape index (κ1) is 68.1. The summed E-state index contributed by atoms with van der Waals surface area (Å²) in [5, 5.41) is 0. The molecule has 0 aliphatic carbocycles. The third kappa shape index (κ3) is 57.9. The molecule has 0 N–H and O–H groups in total. The molecule has 0 amide bonds. The van der Waals surface area contributed by atoms with Crippen molar-refractivity contribution in [2.24, 2.45) is 0 Å². The number of unbranched alkanes of at least 4 members (excludes halogenated alkanes) is 35. The Kier molecular flexibility index (Phi) is 57.2. The molecule has 0 saturated carbocycles. The topological polar surface area (TPSA) is 78.9 Å². The molecule has 0 heterocycles. The van der Waals surface area contributed by atoms with E-state index in [9.17, 15) is 14.4 Å². The van der Waals surface area contributed by atoms with E-state index in [4.69, 9.17) is 14.2 Å². The molecule has 0 aromatic rings. The van der Waals surface area contributed by atoms with E-state index in [2.05, 4.69) is 81.5 Å². The van der Waals surface area contributed by atoms with Gasteiger partial charge in [0, 0.05) is 19.3 Å². The number of allylic oxidation sites excluding steroid dienone is 10. The van der Waals surface area contributed by atoms with E-state index in [-0.39, 0.29) is 37.5 Å². The Morgan fingerprint density at radius 1 is 0.296 bits per heavy atom. The molecule has 1 unspecified atom stereocenters. The predicted octanol–water partition coefficient (Wildman–Crippen LogP) is 20.8. The standard InChI is InChI=1S/C65H116O6/c1-4-7-10-13-16-19-22-25-28-31-32-33-35-37-40-43-46-49-52-55-58-64(67)70-61-62(60-69-63(66)57-54-51-48-45-42-39-36-30-27-24-21-18-15-12-9-6-3)71-65(68)59-56-53-50-47-44-41-38-34-29-26-23-20-17-14-11-8-5-2/h8,11,17,20,26,29,38,41,47,50,62H,4-7,9-10,12-16,18-19,21-25,27-28,30-37,39-40,42-46,48-49,51-61H2,1-3H3/b11-8-,20-17-,29-26-,41-38-,50-47-. The second-order valence-electron chi connectivity index (χ2n) is 20.6. The molecule has 0 aliphatic heterocycles. The third-order valence-electron chi connectivity index (χ3n) is 13.5. The zero-order valence-corrected chi connectivity index (χ0v) is 47.2. The minimum Gasteiger partial charge on any atom is -0.462 e. The number of ether oxygens (including phenoxy) is 3. The van der Waals surface area contributed by atoms with Gasteiger partial charge in [-0.25, -0.2) is 0 Å². The van der Waals surface area contributed by atoms with Crippen molar-refractivity contribution in [1.82, 2.24) is 0 Å². The van der Waals surface area contributed by atoms with Gasteiger partial charge in [0.1, 0.15) is 13.2 Å². The number of rotatable bonds is 56. The average molecular weight is 994 g/mol. The molecule has 0 spiro atoms. The van der Waals surface area contributed by atoms with Crippen LogP contribution >= 0.6 is 0 Å². The van der Waals surface area contributed by atoms with Gasteiger partial charge < -0.3 is 14.2 Å². The molecular weight excluding hydrogens is 877 g/mol. The lowest BCUT2D eigenvalue weighted by Crippen LogP contribution is -2.30. The van der Waals surface area contributed by atoms with Crippen LogP contribution in [0.4, 0.5) is 0 Å². The van der Waals surface area contributed by atoms with Gasteiger partial charge in [-0.1, -0.05) is 300 Å². The van der Waals surface area contributed by atoms with Gasteiger partial charge in [-0.05, 0) is 57.8 Å². The van der Waals surface area contributed by atoms with Crippen molar-refractivity contribution in [2.45, 2.75) is 322 Å². The van der Waals surface area contributed by atoms with Crippen molar-refractivity contribution < 1.29 is 28.6 Å². The molecule has 71 heavy (non-hydrogen) atoms. The van der Waals surface area contributed by atoms with E-state index in [0.29, 0.717) is 19.3 Å². The molecule has 0 aromatic heterocycles. The molecular formula is C65H116O6. The van der Waals surface area contributed by atoms with Crippen LogP contribution in [0.1, 0.15) is 316 Å². The van der Waals surface area contributed by atoms with Crippen LogP contribution in [0.2, 0.25) is 0 Å². The van der Waals surface area contributed by atoms with Crippen molar-refractivity contribution in [3.8, 4) is 0 Å². The average Bonchev–Trinajstić information content (AvgIpc) is 3.37. The fourth-order valence-corrected chi connectivity index (χ4v) is 8.95. The predicted molar refractivity (Wildman–Crippen MR) is 307 cm³/mol. The first-order valence-electron chi connectivity index (χ1n) is 30.8.